The zero-order valence-electron chi connectivity index (χ0n) is 14.6. The van der Waals surface area contributed by atoms with Crippen LogP contribution in [0.25, 0.3) is 6.08 Å². The molecule has 25 heavy (non-hydrogen) atoms. The monoisotopic (exact) mass is 338 g/mol. The molecule has 1 fully saturated rings. The van der Waals surface area contributed by atoms with Crippen molar-refractivity contribution in [3.05, 3.63) is 54.0 Å². The van der Waals surface area contributed by atoms with Crippen molar-refractivity contribution >= 4 is 17.8 Å². The van der Waals surface area contributed by atoms with E-state index in [2.05, 4.69) is 14.9 Å². The number of aromatic nitrogens is 2. The molecule has 0 atom stereocenters. The molecule has 1 aliphatic rings. The van der Waals surface area contributed by atoms with Gasteiger partial charge < -0.3 is 14.5 Å². The van der Waals surface area contributed by atoms with E-state index >= 15 is 0 Å². The van der Waals surface area contributed by atoms with Gasteiger partial charge in [-0.05, 0) is 25.1 Å². The Morgan fingerprint density at radius 1 is 1.20 bits per heavy atom. The van der Waals surface area contributed by atoms with Crippen LogP contribution in [-0.2, 0) is 4.79 Å². The van der Waals surface area contributed by atoms with E-state index in [0.717, 1.165) is 35.8 Å². The summed E-state index contributed by atoms with van der Waals surface area (Å²) >= 11 is 0. The van der Waals surface area contributed by atoms with Gasteiger partial charge >= 0.3 is 0 Å². The van der Waals surface area contributed by atoms with Crippen LogP contribution in [0.2, 0.25) is 0 Å². The molecule has 1 aliphatic heterocycles. The van der Waals surface area contributed by atoms with Crippen LogP contribution < -0.4 is 9.64 Å². The maximum Gasteiger partial charge on any atom is 0.246 e. The molecule has 2 heterocycles. The van der Waals surface area contributed by atoms with Gasteiger partial charge in [-0.1, -0.05) is 11.6 Å². The number of methoxy groups -OCH3 is 1. The number of nitrogens with zero attached hydrogens (tertiary/aromatic N) is 4. The topological polar surface area (TPSA) is 58.6 Å². The molecule has 1 saturated heterocycles. The predicted molar refractivity (Wildman–Crippen MR) is 97.6 cm³/mol. The predicted octanol–water partition coefficient (Wildman–Crippen LogP) is 2.16. The number of hydrogen-bond donors (Lipinski definition) is 0. The molecule has 0 N–H and O–H groups in total. The molecule has 0 aliphatic carbocycles. The second-order valence-corrected chi connectivity index (χ2v) is 5.95. The van der Waals surface area contributed by atoms with Gasteiger partial charge in [-0.25, -0.2) is 4.98 Å². The highest BCUT2D eigenvalue weighted by atomic mass is 16.5. The SMILES string of the molecule is COc1ccc(C)cc1C=CC(=O)N1CCN(c2cnccn2)CC1. The molecular weight excluding hydrogens is 316 g/mol. The summed E-state index contributed by atoms with van der Waals surface area (Å²) in [5, 5.41) is 0. The lowest BCUT2D eigenvalue weighted by molar-refractivity contribution is -0.126. The minimum atomic E-state index is 0.0161. The minimum Gasteiger partial charge on any atom is -0.496 e. The Balaban J connectivity index is 1.61. The van der Waals surface area contributed by atoms with E-state index in [4.69, 9.17) is 4.74 Å². The van der Waals surface area contributed by atoms with Crippen LogP contribution in [0.1, 0.15) is 11.1 Å². The third-order valence-corrected chi connectivity index (χ3v) is 4.26. The third kappa shape index (κ3) is 4.15. The molecule has 0 saturated carbocycles. The van der Waals surface area contributed by atoms with E-state index in [1.54, 1.807) is 31.8 Å². The van der Waals surface area contributed by atoms with Gasteiger partial charge in [-0.15, -0.1) is 0 Å². The first-order chi connectivity index (χ1) is 12.2. The molecule has 6 nitrogen and oxygen atoms in total. The number of ether oxygens (including phenoxy) is 1. The van der Waals surface area contributed by atoms with Crippen molar-refractivity contribution < 1.29 is 9.53 Å². The van der Waals surface area contributed by atoms with Crippen molar-refractivity contribution in [2.75, 3.05) is 38.2 Å². The van der Waals surface area contributed by atoms with Gasteiger partial charge in [-0.3, -0.25) is 9.78 Å². The summed E-state index contributed by atoms with van der Waals surface area (Å²) in [5.41, 5.74) is 2.04. The van der Waals surface area contributed by atoms with Crippen molar-refractivity contribution in [2.45, 2.75) is 6.92 Å². The Morgan fingerprint density at radius 2 is 2.00 bits per heavy atom. The van der Waals surface area contributed by atoms with Gasteiger partial charge in [0.1, 0.15) is 11.6 Å². The van der Waals surface area contributed by atoms with Crippen LogP contribution in [0.3, 0.4) is 0 Å². The van der Waals surface area contributed by atoms with Crippen molar-refractivity contribution in [2.24, 2.45) is 0 Å². The number of piperazine rings is 1. The zero-order valence-corrected chi connectivity index (χ0v) is 14.6. The second-order valence-electron chi connectivity index (χ2n) is 5.95. The fourth-order valence-electron chi connectivity index (χ4n) is 2.86. The highest BCUT2D eigenvalue weighted by Gasteiger charge is 2.20. The Kier molecular flexibility index (Phi) is 5.28. The standard InChI is InChI=1S/C19H22N4O2/c1-15-3-5-17(25-2)16(13-15)4-6-19(24)23-11-9-22(10-12-23)18-14-20-7-8-21-18/h3-8,13-14H,9-12H2,1-2H3. The van der Waals surface area contributed by atoms with Crippen LogP contribution in [0.4, 0.5) is 5.82 Å². The van der Waals surface area contributed by atoms with E-state index in [1.807, 2.05) is 36.1 Å². The van der Waals surface area contributed by atoms with E-state index in [9.17, 15) is 4.79 Å². The first-order valence-corrected chi connectivity index (χ1v) is 8.30. The summed E-state index contributed by atoms with van der Waals surface area (Å²) in [7, 11) is 1.63. The van der Waals surface area contributed by atoms with Crippen LogP contribution in [0.15, 0.2) is 42.9 Å². The van der Waals surface area contributed by atoms with Crippen LogP contribution >= 0.6 is 0 Å². The molecule has 1 amide bonds. The summed E-state index contributed by atoms with van der Waals surface area (Å²) in [6, 6.07) is 5.91. The number of anilines is 1. The summed E-state index contributed by atoms with van der Waals surface area (Å²) in [5.74, 6) is 1.64. The lowest BCUT2D eigenvalue weighted by Crippen LogP contribution is -2.48. The number of benzene rings is 1. The van der Waals surface area contributed by atoms with Gasteiger partial charge in [0, 0.05) is 50.2 Å². The summed E-state index contributed by atoms with van der Waals surface area (Å²) < 4.78 is 5.35. The smallest absolute Gasteiger partial charge is 0.246 e. The van der Waals surface area contributed by atoms with Gasteiger partial charge in [0.2, 0.25) is 5.91 Å². The normalized spacial score (nSPS) is 14.8. The zero-order chi connectivity index (χ0) is 17.6. The Bertz CT molecular complexity index is 753. The van der Waals surface area contributed by atoms with Gasteiger partial charge in [0.05, 0.1) is 13.3 Å². The second kappa shape index (κ2) is 7.79. The molecule has 0 radical (unpaired) electrons. The Hall–Kier alpha value is -2.89. The highest BCUT2D eigenvalue weighted by molar-refractivity contribution is 5.92. The van der Waals surface area contributed by atoms with Crippen LogP contribution in [0, 0.1) is 6.92 Å². The maximum atomic E-state index is 12.5. The van der Waals surface area contributed by atoms with Crippen LogP contribution in [-0.4, -0.2) is 54.1 Å². The number of amides is 1. The van der Waals surface area contributed by atoms with E-state index in [0.29, 0.717) is 13.1 Å². The molecule has 1 aromatic heterocycles. The Labute approximate surface area is 147 Å². The first-order valence-electron chi connectivity index (χ1n) is 8.30. The molecular formula is C19H22N4O2. The van der Waals surface area contributed by atoms with Gasteiger partial charge in [-0.2, -0.15) is 0 Å². The molecule has 0 spiro atoms. The number of aryl methyl sites for hydroxylation is 1. The lowest BCUT2D eigenvalue weighted by Gasteiger charge is -2.34. The molecule has 0 unspecified atom stereocenters. The van der Waals surface area contributed by atoms with E-state index in [1.165, 1.54) is 0 Å². The van der Waals surface area contributed by atoms with E-state index < -0.39 is 0 Å². The van der Waals surface area contributed by atoms with Crippen LogP contribution in [0.5, 0.6) is 5.75 Å². The van der Waals surface area contributed by atoms with E-state index in [-0.39, 0.29) is 5.91 Å². The summed E-state index contributed by atoms with van der Waals surface area (Å²) in [6.45, 7) is 4.87. The van der Waals surface area contributed by atoms with Crippen molar-refractivity contribution in [3.63, 3.8) is 0 Å². The molecule has 6 heteroatoms. The molecule has 130 valence electrons. The van der Waals surface area contributed by atoms with Crippen molar-refractivity contribution in [1.82, 2.24) is 14.9 Å². The van der Waals surface area contributed by atoms with Crippen molar-refractivity contribution in [3.8, 4) is 5.75 Å². The highest BCUT2D eigenvalue weighted by Crippen LogP contribution is 2.21. The quantitative estimate of drug-likeness (QED) is 0.800. The van der Waals surface area contributed by atoms with Gasteiger partial charge in [0.15, 0.2) is 0 Å². The fraction of sp³-hybridized carbons (Fsp3) is 0.316. The molecule has 2 aromatic rings. The number of carbonyl (C=O) groups excluding carboxylic acids is 1. The maximum absolute atomic E-state index is 12.5. The first kappa shape index (κ1) is 17.0. The fourth-order valence-corrected chi connectivity index (χ4v) is 2.86. The third-order valence-electron chi connectivity index (χ3n) is 4.26. The number of rotatable bonds is 4. The summed E-state index contributed by atoms with van der Waals surface area (Å²) in [6.07, 6.45) is 8.54. The Morgan fingerprint density at radius 3 is 2.68 bits per heavy atom. The molecule has 0 bridgehead atoms. The van der Waals surface area contributed by atoms with Crippen molar-refractivity contribution in [1.29, 1.82) is 0 Å². The average Bonchev–Trinajstić information content (AvgIpc) is 2.67. The van der Waals surface area contributed by atoms with Gasteiger partial charge in [0.25, 0.3) is 0 Å². The largest absolute Gasteiger partial charge is 0.496 e. The minimum absolute atomic E-state index is 0.0161. The molecule has 1 aromatic carbocycles. The summed E-state index contributed by atoms with van der Waals surface area (Å²) in [4.78, 5) is 24.8. The lowest BCUT2D eigenvalue weighted by atomic mass is 10.1. The number of carbonyl (C=O) groups is 1. The average molecular weight is 338 g/mol. The molecule has 3 rings (SSSR count). The number of hydrogen-bond acceptors (Lipinski definition) is 5.